The van der Waals surface area contributed by atoms with Gasteiger partial charge in [0.1, 0.15) is 5.82 Å². The second-order valence-corrected chi connectivity index (χ2v) is 4.31. The van der Waals surface area contributed by atoms with Gasteiger partial charge in [0, 0.05) is 19.1 Å². The van der Waals surface area contributed by atoms with Gasteiger partial charge in [-0.2, -0.15) is 0 Å². The van der Waals surface area contributed by atoms with Crippen molar-refractivity contribution in [2.75, 3.05) is 18.0 Å². The van der Waals surface area contributed by atoms with Crippen molar-refractivity contribution in [2.24, 2.45) is 5.73 Å². The summed E-state index contributed by atoms with van der Waals surface area (Å²) >= 11 is 0. The van der Waals surface area contributed by atoms with Crippen molar-refractivity contribution in [3.05, 3.63) is 18.1 Å². The summed E-state index contributed by atoms with van der Waals surface area (Å²) in [7, 11) is 0. The third-order valence-corrected chi connectivity index (χ3v) is 2.39. The molecule has 1 aromatic rings. The van der Waals surface area contributed by atoms with Crippen molar-refractivity contribution in [2.45, 2.75) is 33.4 Å². The molecule has 18 heavy (non-hydrogen) atoms. The number of hydrogen-bond acceptors (Lipinski definition) is 5. The standard InChI is InChI=1S/C12H21N5O/c1-4-17(8-12(18)16-9(2)3)11-7-14-10(5-13)6-15-11/h6-7,9H,4-5,8,13H2,1-3H3,(H,16,18). The number of nitrogens with one attached hydrogen (secondary N) is 1. The van der Waals surface area contributed by atoms with E-state index < -0.39 is 0 Å². The molecule has 6 nitrogen and oxygen atoms in total. The van der Waals surface area contributed by atoms with E-state index in [1.165, 1.54) is 0 Å². The van der Waals surface area contributed by atoms with Crippen molar-refractivity contribution >= 4 is 11.7 Å². The fraction of sp³-hybridized carbons (Fsp3) is 0.583. The van der Waals surface area contributed by atoms with E-state index in [0.29, 0.717) is 18.9 Å². The van der Waals surface area contributed by atoms with Crippen LogP contribution in [0.5, 0.6) is 0 Å². The third-order valence-electron chi connectivity index (χ3n) is 2.39. The molecule has 3 N–H and O–H groups in total. The maximum atomic E-state index is 11.7. The Hall–Kier alpha value is -1.69. The SMILES string of the molecule is CCN(CC(=O)NC(C)C)c1cnc(CN)cn1. The number of rotatable bonds is 6. The highest BCUT2D eigenvalue weighted by molar-refractivity contribution is 5.81. The van der Waals surface area contributed by atoms with E-state index in [1.54, 1.807) is 12.4 Å². The van der Waals surface area contributed by atoms with E-state index in [1.807, 2.05) is 25.7 Å². The van der Waals surface area contributed by atoms with E-state index in [4.69, 9.17) is 5.73 Å². The maximum Gasteiger partial charge on any atom is 0.239 e. The van der Waals surface area contributed by atoms with Crippen LogP contribution >= 0.6 is 0 Å². The smallest absolute Gasteiger partial charge is 0.239 e. The Morgan fingerprint density at radius 2 is 2.17 bits per heavy atom. The number of aromatic nitrogens is 2. The average Bonchev–Trinajstić information content (AvgIpc) is 2.35. The largest absolute Gasteiger partial charge is 0.352 e. The van der Waals surface area contributed by atoms with Gasteiger partial charge in [-0.15, -0.1) is 0 Å². The van der Waals surface area contributed by atoms with Gasteiger partial charge in [0.25, 0.3) is 0 Å². The Balaban J connectivity index is 2.67. The molecular formula is C12H21N5O. The summed E-state index contributed by atoms with van der Waals surface area (Å²) in [5, 5.41) is 2.85. The van der Waals surface area contributed by atoms with Gasteiger partial charge in [-0.1, -0.05) is 0 Å². The first-order valence-corrected chi connectivity index (χ1v) is 6.12. The van der Waals surface area contributed by atoms with Crippen LogP contribution in [0.25, 0.3) is 0 Å². The van der Waals surface area contributed by atoms with E-state index in [-0.39, 0.29) is 18.5 Å². The van der Waals surface area contributed by atoms with Gasteiger partial charge < -0.3 is 16.0 Å². The summed E-state index contributed by atoms with van der Waals surface area (Å²) in [4.78, 5) is 22.0. The van der Waals surface area contributed by atoms with Gasteiger partial charge in [-0.25, -0.2) is 4.98 Å². The van der Waals surface area contributed by atoms with Crippen molar-refractivity contribution in [3.8, 4) is 0 Å². The molecule has 0 aromatic carbocycles. The molecule has 1 rings (SSSR count). The van der Waals surface area contributed by atoms with Gasteiger partial charge >= 0.3 is 0 Å². The topological polar surface area (TPSA) is 84.1 Å². The monoisotopic (exact) mass is 251 g/mol. The maximum absolute atomic E-state index is 11.7. The van der Waals surface area contributed by atoms with Crippen LogP contribution in [-0.2, 0) is 11.3 Å². The van der Waals surface area contributed by atoms with Gasteiger partial charge in [0.2, 0.25) is 5.91 Å². The van der Waals surface area contributed by atoms with Crippen LogP contribution in [0.2, 0.25) is 0 Å². The molecular weight excluding hydrogens is 230 g/mol. The molecule has 0 fully saturated rings. The molecule has 0 aliphatic carbocycles. The first-order chi connectivity index (χ1) is 8.56. The van der Waals surface area contributed by atoms with Crippen molar-refractivity contribution in [3.63, 3.8) is 0 Å². The molecule has 0 saturated carbocycles. The minimum Gasteiger partial charge on any atom is -0.352 e. The van der Waals surface area contributed by atoms with Crippen LogP contribution in [0, 0.1) is 0 Å². The zero-order valence-corrected chi connectivity index (χ0v) is 11.2. The number of carbonyl (C=O) groups excluding carboxylic acids is 1. The molecule has 0 atom stereocenters. The van der Waals surface area contributed by atoms with Crippen LogP contribution in [0.15, 0.2) is 12.4 Å². The number of anilines is 1. The van der Waals surface area contributed by atoms with Crippen molar-refractivity contribution < 1.29 is 4.79 Å². The number of amides is 1. The molecule has 0 unspecified atom stereocenters. The van der Waals surface area contributed by atoms with E-state index >= 15 is 0 Å². The minimum absolute atomic E-state index is 0.0171. The number of carbonyl (C=O) groups is 1. The van der Waals surface area contributed by atoms with Crippen molar-refractivity contribution in [1.82, 2.24) is 15.3 Å². The predicted octanol–water partition coefficient (Wildman–Crippen LogP) is 0.286. The highest BCUT2D eigenvalue weighted by Crippen LogP contribution is 2.08. The summed E-state index contributed by atoms with van der Waals surface area (Å²) in [6.45, 7) is 7.19. The first kappa shape index (κ1) is 14.4. The van der Waals surface area contributed by atoms with Gasteiger partial charge in [-0.05, 0) is 20.8 Å². The van der Waals surface area contributed by atoms with Crippen LogP contribution in [0.4, 0.5) is 5.82 Å². The van der Waals surface area contributed by atoms with E-state index in [0.717, 1.165) is 5.69 Å². The van der Waals surface area contributed by atoms with Crippen molar-refractivity contribution in [1.29, 1.82) is 0 Å². The third kappa shape index (κ3) is 4.29. The van der Waals surface area contributed by atoms with Gasteiger partial charge in [-0.3, -0.25) is 9.78 Å². The Morgan fingerprint density at radius 1 is 1.44 bits per heavy atom. The zero-order chi connectivity index (χ0) is 13.5. The summed E-state index contributed by atoms with van der Waals surface area (Å²) in [5.41, 5.74) is 6.20. The van der Waals surface area contributed by atoms with Crippen LogP contribution < -0.4 is 16.0 Å². The number of nitrogens with two attached hydrogens (primary N) is 1. The molecule has 0 aliphatic heterocycles. The Morgan fingerprint density at radius 3 is 2.61 bits per heavy atom. The van der Waals surface area contributed by atoms with Gasteiger partial charge in [0.15, 0.2) is 0 Å². The Bertz CT molecular complexity index is 377. The van der Waals surface area contributed by atoms with Crippen LogP contribution in [0.1, 0.15) is 26.5 Å². The molecule has 0 saturated heterocycles. The lowest BCUT2D eigenvalue weighted by Crippen LogP contribution is -2.40. The second kappa shape index (κ2) is 6.90. The molecule has 0 bridgehead atoms. The molecule has 1 aromatic heterocycles. The second-order valence-electron chi connectivity index (χ2n) is 4.31. The van der Waals surface area contributed by atoms with E-state index in [9.17, 15) is 4.79 Å². The lowest BCUT2D eigenvalue weighted by Gasteiger charge is -2.21. The molecule has 100 valence electrons. The molecule has 6 heteroatoms. The fourth-order valence-electron chi connectivity index (χ4n) is 1.51. The quantitative estimate of drug-likeness (QED) is 0.759. The summed E-state index contributed by atoms with van der Waals surface area (Å²) < 4.78 is 0. The number of nitrogens with zero attached hydrogens (tertiary/aromatic N) is 3. The summed E-state index contributed by atoms with van der Waals surface area (Å²) in [6, 6.07) is 0.141. The normalized spacial score (nSPS) is 10.5. The number of likely N-dealkylation sites (N-methyl/N-ethyl adjacent to an activating group) is 1. The lowest BCUT2D eigenvalue weighted by atomic mass is 10.3. The molecule has 0 aliphatic rings. The molecule has 0 spiro atoms. The summed E-state index contributed by atoms with van der Waals surface area (Å²) in [6.07, 6.45) is 3.28. The Kier molecular flexibility index (Phi) is 5.51. The highest BCUT2D eigenvalue weighted by atomic mass is 16.2. The molecule has 0 radical (unpaired) electrons. The summed E-state index contributed by atoms with van der Waals surface area (Å²) in [5.74, 6) is 0.671. The number of hydrogen-bond donors (Lipinski definition) is 2. The first-order valence-electron chi connectivity index (χ1n) is 6.12. The van der Waals surface area contributed by atoms with Crippen LogP contribution in [-0.4, -0.2) is 35.0 Å². The molecule has 1 heterocycles. The van der Waals surface area contributed by atoms with E-state index in [2.05, 4.69) is 15.3 Å². The Labute approximate surface area is 108 Å². The predicted molar refractivity (Wildman–Crippen MR) is 71.1 cm³/mol. The lowest BCUT2D eigenvalue weighted by molar-refractivity contribution is -0.120. The zero-order valence-electron chi connectivity index (χ0n) is 11.2. The minimum atomic E-state index is -0.0171. The highest BCUT2D eigenvalue weighted by Gasteiger charge is 2.12. The van der Waals surface area contributed by atoms with Crippen LogP contribution in [0.3, 0.4) is 0 Å². The fourth-order valence-corrected chi connectivity index (χ4v) is 1.51. The molecule has 1 amide bonds. The average molecular weight is 251 g/mol. The van der Waals surface area contributed by atoms with Gasteiger partial charge in [0.05, 0.1) is 24.6 Å².